The van der Waals surface area contributed by atoms with E-state index in [1.165, 1.54) is 0 Å². The van der Waals surface area contributed by atoms with E-state index < -0.39 is 0 Å². The van der Waals surface area contributed by atoms with Crippen molar-refractivity contribution in [3.05, 3.63) is 0 Å². The minimum atomic E-state index is 0.287. The van der Waals surface area contributed by atoms with E-state index >= 15 is 0 Å². The molecule has 7 nitrogen and oxygen atoms in total. The van der Waals surface area contributed by atoms with Crippen LogP contribution in [-0.2, 0) is 0 Å². The van der Waals surface area contributed by atoms with Crippen molar-refractivity contribution in [2.24, 2.45) is 0 Å². The molecule has 104 valence electrons. The minimum Gasteiger partial charge on any atom is -0.484 e. The van der Waals surface area contributed by atoms with Crippen LogP contribution in [0, 0.1) is 0 Å². The first-order valence-corrected chi connectivity index (χ1v) is 6.70. The number of nitrogens with zero attached hydrogens (tertiary/aromatic N) is 3. The van der Waals surface area contributed by atoms with Gasteiger partial charge in [0.1, 0.15) is 6.61 Å². The van der Waals surface area contributed by atoms with Gasteiger partial charge in [-0.15, -0.1) is 0 Å². The molecule has 3 heterocycles. The quantitative estimate of drug-likeness (QED) is 0.711. The summed E-state index contributed by atoms with van der Waals surface area (Å²) in [6.07, 6.45) is 0.990. The predicted molar refractivity (Wildman–Crippen MR) is 74.7 cm³/mol. The summed E-state index contributed by atoms with van der Waals surface area (Å²) < 4.78 is 5.83. The molecule has 1 atom stereocenters. The molecule has 0 aromatic carbocycles. The number of nitrogens with one attached hydrogen (secondary N) is 2. The number of hydrogen-bond donors (Lipinski definition) is 3. The van der Waals surface area contributed by atoms with Gasteiger partial charge in [0, 0.05) is 19.1 Å². The highest BCUT2D eigenvalue weighted by Crippen LogP contribution is 2.38. The number of aromatic nitrogens is 2. The smallest absolute Gasteiger partial charge is 0.224 e. The molecule has 0 radical (unpaired) electrons. The number of hydrogen-bond acceptors (Lipinski definition) is 7. The van der Waals surface area contributed by atoms with E-state index in [9.17, 15) is 0 Å². The fourth-order valence-corrected chi connectivity index (χ4v) is 2.37. The number of nitrogens with two attached hydrogens (primary N) is 1. The maximum Gasteiger partial charge on any atom is 0.224 e. The van der Waals surface area contributed by atoms with Crippen LogP contribution >= 0.6 is 0 Å². The molecule has 0 unspecified atom stereocenters. The summed E-state index contributed by atoms with van der Waals surface area (Å²) in [6.45, 7) is 4.59. The molecule has 1 aromatic rings. The molecule has 0 amide bonds. The Kier molecular flexibility index (Phi) is 3.06. The zero-order chi connectivity index (χ0) is 13.4. The van der Waals surface area contributed by atoms with Crippen LogP contribution in [0.2, 0.25) is 0 Å². The van der Waals surface area contributed by atoms with E-state index in [1.54, 1.807) is 0 Å². The van der Waals surface area contributed by atoms with Gasteiger partial charge in [-0.05, 0) is 13.5 Å². The molecule has 2 aliphatic heterocycles. The van der Waals surface area contributed by atoms with Crippen molar-refractivity contribution in [3.8, 4) is 5.75 Å². The van der Waals surface area contributed by atoms with Gasteiger partial charge in [0.05, 0.1) is 6.04 Å². The van der Waals surface area contributed by atoms with Crippen LogP contribution in [0.25, 0.3) is 0 Å². The summed E-state index contributed by atoms with van der Waals surface area (Å²) >= 11 is 0. The number of ether oxygens (including phenoxy) is 1. The normalized spacial score (nSPS) is 22.2. The third-order valence-electron chi connectivity index (χ3n) is 3.72. The number of fused-ring (bicyclic) bond motifs is 1. The number of nitrogen functional groups attached to an aromatic ring is 1. The first-order valence-electron chi connectivity index (χ1n) is 6.70. The molecule has 1 saturated heterocycles. The lowest BCUT2D eigenvalue weighted by Crippen LogP contribution is -2.57. The van der Waals surface area contributed by atoms with E-state index in [1.807, 2.05) is 7.05 Å². The van der Waals surface area contributed by atoms with Crippen LogP contribution in [0.3, 0.4) is 0 Å². The molecule has 1 fully saturated rings. The first-order chi connectivity index (χ1) is 9.21. The maximum absolute atomic E-state index is 5.83. The van der Waals surface area contributed by atoms with Gasteiger partial charge >= 0.3 is 0 Å². The Bertz CT molecular complexity index is 474. The largest absolute Gasteiger partial charge is 0.484 e. The fraction of sp³-hybridized carbons (Fsp3) is 0.667. The molecule has 1 aromatic heterocycles. The van der Waals surface area contributed by atoms with Crippen molar-refractivity contribution in [1.29, 1.82) is 0 Å². The van der Waals surface area contributed by atoms with Crippen molar-refractivity contribution in [2.45, 2.75) is 25.4 Å². The van der Waals surface area contributed by atoms with Crippen LogP contribution in [0.1, 0.15) is 13.3 Å². The molecule has 4 N–H and O–H groups in total. The highest BCUT2D eigenvalue weighted by molar-refractivity contribution is 5.69. The van der Waals surface area contributed by atoms with Gasteiger partial charge in [-0.3, -0.25) is 0 Å². The molecule has 19 heavy (non-hydrogen) atoms. The Labute approximate surface area is 112 Å². The Morgan fingerprint density at radius 2 is 2.26 bits per heavy atom. The predicted octanol–water partition coefficient (Wildman–Crippen LogP) is 0.0497. The molecule has 0 saturated carbocycles. The van der Waals surface area contributed by atoms with Gasteiger partial charge in [-0.1, -0.05) is 6.92 Å². The second-order valence-corrected chi connectivity index (χ2v) is 5.03. The van der Waals surface area contributed by atoms with E-state index in [2.05, 4.69) is 32.4 Å². The Balaban J connectivity index is 1.87. The van der Waals surface area contributed by atoms with Gasteiger partial charge in [0.25, 0.3) is 0 Å². The summed E-state index contributed by atoms with van der Waals surface area (Å²) in [6, 6.07) is 0.794. The second kappa shape index (κ2) is 4.73. The molecular weight excluding hydrogens is 244 g/mol. The van der Waals surface area contributed by atoms with Gasteiger partial charge in [0.15, 0.2) is 11.6 Å². The Hall–Kier alpha value is -1.76. The van der Waals surface area contributed by atoms with Crippen molar-refractivity contribution >= 4 is 17.6 Å². The molecule has 2 aliphatic rings. The van der Waals surface area contributed by atoms with E-state index in [0.717, 1.165) is 31.1 Å². The monoisotopic (exact) mass is 264 g/mol. The average Bonchev–Trinajstić information content (AvgIpc) is 2.36. The summed E-state index contributed by atoms with van der Waals surface area (Å²) in [4.78, 5) is 10.7. The molecule has 3 rings (SSSR count). The Morgan fingerprint density at radius 1 is 1.47 bits per heavy atom. The zero-order valence-electron chi connectivity index (χ0n) is 11.3. The van der Waals surface area contributed by atoms with E-state index in [-0.39, 0.29) is 12.0 Å². The van der Waals surface area contributed by atoms with Crippen LogP contribution in [0.5, 0.6) is 5.75 Å². The van der Waals surface area contributed by atoms with E-state index in [4.69, 9.17) is 10.5 Å². The summed E-state index contributed by atoms with van der Waals surface area (Å²) in [7, 11) is 1.97. The van der Waals surface area contributed by atoms with Gasteiger partial charge in [0.2, 0.25) is 11.7 Å². The van der Waals surface area contributed by atoms with Crippen LogP contribution in [-0.4, -0.2) is 48.8 Å². The van der Waals surface area contributed by atoms with Crippen LogP contribution in [0.15, 0.2) is 0 Å². The summed E-state index contributed by atoms with van der Waals surface area (Å²) in [5, 5.41) is 6.60. The van der Waals surface area contributed by atoms with Crippen molar-refractivity contribution in [1.82, 2.24) is 15.3 Å². The maximum atomic E-state index is 5.83. The SMILES string of the molecule is CC[C@@H]1COc2c(nc(N)nc2N2CC(NC)C2)N1. The number of rotatable bonds is 3. The highest BCUT2D eigenvalue weighted by Gasteiger charge is 2.32. The lowest BCUT2D eigenvalue weighted by atomic mass is 10.1. The van der Waals surface area contributed by atoms with Crippen molar-refractivity contribution in [3.63, 3.8) is 0 Å². The summed E-state index contributed by atoms with van der Waals surface area (Å²) in [5.41, 5.74) is 5.79. The number of anilines is 3. The molecule has 0 bridgehead atoms. The average molecular weight is 264 g/mol. The van der Waals surface area contributed by atoms with Crippen molar-refractivity contribution < 1.29 is 4.74 Å². The Morgan fingerprint density at radius 3 is 2.95 bits per heavy atom. The fourth-order valence-electron chi connectivity index (χ4n) is 2.37. The molecule has 0 aliphatic carbocycles. The third-order valence-corrected chi connectivity index (χ3v) is 3.72. The van der Waals surface area contributed by atoms with Gasteiger partial charge in [-0.25, -0.2) is 0 Å². The van der Waals surface area contributed by atoms with Crippen molar-refractivity contribution in [2.75, 3.05) is 42.7 Å². The second-order valence-electron chi connectivity index (χ2n) is 5.03. The standard InChI is InChI=1S/C12H20N6O/c1-3-7-6-19-9-10(15-7)16-12(13)17-11(9)18-4-8(5-18)14-2/h7-8,14H,3-6H2,1-2H3,(H3,13,15,16,17)/t7-/m1/s1. The van der Waals surface area contributed by atoms with E-state index in [0.29, 0.717) is 18.5 Å². The lowest BCUT2D eigenvalue weighted by Gasteiger charge is -2.41. The van der Waals surface area contributed by atoms with Gasteiger partial charge < -0.3 is 26.0 Å². The highest BCUT2D eigenvalue weighted by atomic mass is 16.5. The molecule has 7 heteroatoms. The van der Waals surface area contributed by atoms with Crippen LogP contribution in [0.4, 0.5) is 17.6 Å². The minimum absolute atomic E-state index is 0.287. The van der Waals surface area contributed by atoms with Gasteiger partial charge in [-0.2, -0.15) is 9.97 Å². The molecule has 0 spiro atoms. The first kappa shape index (κ1) is 12.3. The zero-order valence-corrected chi connectivity index (χ0v) is 11.3. The van der Waals surface area contributed by atoms with Crippen LogP contribution < -0.4 is 26.0 Å². The number of likely N-dealkylation sites (N-methyl/N-ethyl adjacent to an activating group) is 1. The molecular formula is C12H20N6O. The lowest BCUT2D eigenvalue weighted by molar-refractivity contribution is 0.277. The summed E-state index contributed by atoms with van der Waals surface area (Å²) in [5.74, 6) is 2.53. The topological polar surface area (TPSA) is 88.3 Å². The third kappa shape index (κ3) is 2.14.